The van der Waals surface area contributed by atoms with Gasteiger partial charge in [-0.05, 0) is 51.4 Å². The van der Waals surface area contributed by atoms with Crippen molar-refractivity contribution in [1.29, 1.82) is 0 Å². The van der Waals surface area contributed by atoms with Crippen LogP contribution in [-0.4, -0.2) is 47.4 Å². The van der Waals surface area contributed by atoms with Crippen LogP contribution in [0.25, 0.3) is 0 Å². The maximum absolute atomic E-state index is 12.4. The van der Waals surface area contributed by atoms with Crippen molar-refractivity contribution in [3.8, 4) is 0 Å². The van der Waals surface area contributed by atoms with Gasteiger partial charge in [-0.2, -0.15) is 0 Å². The average molecular weight is 989 g/mol. The predicted molar refractivity (Wildman–Crippen MR) is 306 cm³/mol. The van der Waals surface area contributed by atoms with Gasteiger partial charge in [-0.25, -0.2) is 0 Å². The minimum Gasteiger partial charge on any atom is -0.466 e. The van der Waals surface area contributed by atoms with Crippen molar-refractivity contribution in [3.05, 3.63) is 12.2 Å². The van der Waals surface area contributed by atoms with Crippen LogP contribution in [-0.2, 0) is 14.3 Å². The number of hydrogen-bond donors (Lipinski definition) is 3. The van der Waals surface area contributed by atoms with Gasteiger partial charge < -0.3 is 20.3 Å². The Labute approximate surface area is 438 Å². The summed E-state index contributed by atoms with van der Waals surface area (Å²) < 4.78 is 5.48. The van der Waals surface area contributed by atoms with Crippen molar-refractivity contribution >= 4 is 11.9 Å². The second-order valence-electron chi connectivity index (χ2n) is 22.1. The van der Waals surface area contributed by atoms with Gasteiger partial charge in [0.1, 0.15) is 0 Å². The van der Waals surface area contributed by atoms with Crippen LogP contribution < -0.4 is 5.32 Å². The summed E-state index contributed by atoms with van der Waals surface area (Å²) in [6.45, 7) is 4.97. The Morgan fingerprint density at radius 1 is 0.386 bits per heavy atom. The third kappa shape index (κ3) is 55.9. The highest BCUT2D eigenvalue weighted by atomic mass is 16.5. The Bertz CT molecular complexity index is 1050. The van der Waals surface area contributed by atoms with E-state index in [1.165, 1.54) is 289 Å². The molecule has 70 heavy (non-hydrogen) atoms. The molecule has 6 heteroatoms. The molecule has 0 fully saturated rings. The molecule has 0 saturated carbocycles. The maximum Gasteiger partial charge on any atom is 0.305 e. The first-order valence-electron chi connectivity index (χ1n) is 31.9. The number of esters is 1. The smallest absolute Gasteiger partial charge is 0.305 e. The summed E-state index contributed by atoms with van der Waals surface area (Å²) in [7, 11) is 0. The lowest BCUT2D eigenvalue weighted by atomic mass is 10.0. The molecule has 0 aliphatic rings. The molecule has 416 valence electrons. The molecule has 2 atom stereocenters. The van der Waals surface area contributed by atoms with E-state index in [0.717, 1.165) is 38.5 Å². The zero-order valence-corrected chi connectivity index (χ0v) is 47.5. The molecule has 1 amide bonds. The fraction of sp³-hybridized carbons (Fsp3) is 0.938. The summed E-state index contributed by atoms with van der Waals surface area (Å²) in [5.41, 5.74) is 0. The van der Waals surface area contributed by atoms with Gasteiger partial charge in [0.2, 0.25) is 5.91 Å². The Hall–Kier alpha value is -1.40. The highest BCUT2D eigenvalue weighted by molar-refractivity contribution is 5.76. The van der Waals surface area contributed by atoms with Crippen molar-refractivity contribution in [2.45, 2.75) is 373 Å². The van der Waals surface area contributed by atoms with E-state index in [2.05, 4.69) is 31.3 Å². The maximum atomic E-state index is 12.4. The first kappa shape index (κ1) is 68.6. The molecule has 2 unspecified atom stereocenters. The summed E-state index contributed by atoms with van der Waals surface area (Å²) in [6.07, 6.45) is 72.4. The molecule has 0 rings (SSSR count). The number of nitrogens with one attached hydrogen (secondary N) is 1. The first-order chi connectivity index (χ1) is 34.5. The van der Waals surface area contributed by atoms with Crippen molar-refractivity contribution in [2.75, 3.05) is 13.2 Å². The van der Waals surface area contributed by atoms with Gasteiger partial charge >= 0.3 is 5.97 Å². The molecule has 0 radical (unpaired) electrons. The lowest BCUT2D eigenvalue weighted by molar-refractivity contribution is -0.143. The SMILES string of the molecule is CCCCCCCCCCCCCCCC(=O)OCCCCCCCCCCCCCC/C=C\CCCCCCCCCCCCCCCC(=O)NC(CO)C(O)CCCCCCCCCCCCC. The monoisotopic (exact) mass is 988 g/mol. The van der Waals surface area contributed by atoms with E-state index in [0.29, 0.717) is 25.9 Å². The first-order valence-corrected chi connectivity index (χ1v) is 31.9. The van der Waals surface area contributed by atoms with Crippen molar-refractivity contribution in [3.63, 3.8) is 0 Å². The van der Waals surface area contributed by atoms with E-state index >= 15 is 0 Å². The molecule has 0 aromatic carbocycles. The summed E-state index contributed by atoms with van der Waals surface area (Å²) in [4.78, 5) is 24.5. The predicted octanol–water partition coefficient (Wildman–Crippen LogP) is 20.0. The molecular formula is C64H125NO5. The van der Waals surface area contributed by atoms with E-state index in [9.17, 15) is 19.8 Å². The molecule has 0 heterocycles. The fourth-order valence-corrected chi connectivity index (χ4v) is 10.2. The lowest BCUT2D eigenvalue weighted by Gasteiger charge is -2.22. The number of carbonyl (C=O) groups is 2. The van der Waals surface area contributed by atoms with E-state index < -0.39 is 12.1 Å². The van der Waals surface area contributed by atoms with Crippen LogP contribution in [0.5, 0.6) is 0 Å². The highest BCUT2D eigenvalue weighted by Crippen LogP contribution is 2.18. The van der Waals surface area contributed by atoms with Gasteiger partial charge in [0.05, 0.1) is 25.4 Å². The van der Waals surface area contributed by atoms with Gasteiger partial charge in [-0.3, -0.25) is 9.59 Å². The van der Waals surface area contributed by atoms with Gasteiger partial charge in [-0.1, -0.05) is 309 Å². The van der Waals surface area contributed by atoms with Crippen molar-refractivity contribution in [1.82, 2.24) is 5.32 Å². The highest BCUT2D eigenvalue weighted by Gasteiger charge is 2.20. The minimum absolute atomic E-state index is 0.0185. The zero-order valence-electron chi connectivity index (χ0n) is 47.5. The Kier molecular flexibility index (Phi) is 59.0. The van der Waals surface area contributed by atoms with Gasteiger partial charge in [0, 0.05) is 12.8 Å². The topological polar surface area (TPSA) is 95.9 Å². The van der Waals surface area contributed by atoms with Crippen LogP contribution in [0.4, 0.5) is 0 Å². The zero-order chi connectivity index (χ0) is 50.7. The average Bonchev–Trinajstić information content (AvgIpc) is 3.36. The number of carbonyl (C=O) groups excluding carboxylic acids is 2. The van der Waals surface area contributed by atoms with Gasteiger partial charge in [0.15, 0.2) is 0 Å². The number of unbranched alkanes of at least 4 members (excludes halogenated alkanes) is 47. The van der Waals surface area contributed by atoms with Crippen molar-refractivity contribution in [2.24, 2.45) is 0 Å². The van der Waals surface area contributed by atoms with Crippen LogP contribution in [0, 0.1) is 0 Å². The molecule has 0 bridgehead atoms. The quantitative estimate of drug-likeness (QED) is 0.0321. The van der Waals surface area contributed by atoms with Crippen LogP contribution >= 0.6 is 0 Å². The third-order valence-corrected chi connectivity index (χ3v) is 15.1. The molecule has 0 aliphatic carbocycles. The second-order valence-corrected chi connectivity index (χ2v) is 22.1. The molecule has 0 spiro atoms. The molecular weight excluding hydrogens is 863 g/mol. The van der Waals surface area contributed by atoms with Crippen LogP contribution in [0.1, 0.15) is 361 Å². The van der Waals surface area contributed by atoms with Gasteiger partial charge in [-0.15, -0.1) is 0 Å². The number of ether oxygens (including phenoxy) is 1. The Balaban J connectivity index is 3.34. The van der Waals surface area contributed by atoms with E-state index in [-0.39, 0.29) is 18.5 Å². The number of hydrogen-bond acceptors (Lipinski definition) is 5. The number of allylic oxidation sites excluding steroid dienone is 2. The number of aliphatic hydroxyl groups is 2. The Morgan fingerprint density at radius 3 is 1.01 bits per heavy atom. The Morgan fingerprint density at radius 2 is 0.671 bits per heavy atom. The number of aliphatic hydroxyl groups excluding tert-OH is 2. The number of rotatable bonds is 60. The van der Waals surface area contributed by atoms with E-state index in [4.69, 9.17) is 4.74 Å². The minimum atomic E-state index is -0.661. The molecule has 3 N–H and O–H groups in total. The summed E-state index contributed by atoms with van der Waals surface area (Å²) >= 11 is 0. The second kappa shape index (κ2) is 60.2. The molecule has 0 aromatic rings. The summed E-state index contributed by atoms with van der Waals surface area (Å²) in [6, 6.07) is -0.538. The number of amides is 1. The molecule has 0 aromatic heterocycles. The molecule has 0 saturated heterocycles. The van der Waals surface area contributed by atoms with E-state index in [1.807, 2.05) is 0 Å². The fourth-order valence-electron chi connectivity index (χ4n) is 10.2. The van der Waals surface area contributed by atoms with Crippen molar-refractivity contribution < 1.29 is 24.5 Å². The lowest BCUT2D eigenvalue weighted by Crippen LogP contribution is -2.45. The van der Waals surface area contributed by atoms with Crippen LogP contribution in [0.2, 0.25) is 0 Å². The summed E-state index contributed by atoms with van der Waals surface area (Å²) in [5.74, 6) is -0.0149. The van der Waals surface area contributed by atoms with Crippen LogP contribution in [0.15, 0.2) is 12.2 Å². The third-order valence-electron chi connectivity index (χ3n) is 15.1. The molecule has 6 nitrogen and oxygen atoms in total. The standard InChI is InChI=1S/C64H125NO5/c1-3-5-7-9-11-13-15-33-38-42-46-50-54-58-64(69)70-59-55-51-47-43-39-35-32-30-28-26-24-22-20-18-16-17-19-21-23-25-27-29-31-34-37-41-45-49-53-57-63(68)65-61(60-66)62(67)56-52-48-44-40-36-14-12-10-8-6-4-2/h16,18,61-62,66-67H,3-15,17,19-60H2,1-2H3,(H,65,68)/b18-16-. The van der Waals surface area contributed by atoms with Crippen LogP contribution in [0.3, 0.4) is 0 Å². The molecule has 0 aliphatic heterocycles. The largest absolute Gasteiger partial charge is 0.466 e. The van der Waals surface area contributed by atoms with Gasteiger partial charge in [0.25, 0.3) is 0 Å². The van der Waals surface area contributed by atoms with E-state index in [1.54, 1.807) is 0 Å². The summed E-state index contributed by atoms with van der Waals surface area (Å²) in [5, 5.41) is 23.2. The normalized spacial score (nSPS) is 12.6.